The van der Waals surface area contributed by atoms with Crippen molar-refractivity contribution in [3.63, 3.8) is 0 Å². The van der Waals surface area contributed by atoms with Gasteiger partial charge in [0, 0.05) is 0 Å². The minimum Gasteiger partial charge on any atom is -0.481 e. The Hall–Kier alpha value is -1.47. The molecule has 0 spiro atoms. The van der Waals surface area contributed by atoms with Gasteiger partial charge in [-0.05, 0) is 0 Å². The second-order valence-electron chi connectivity index (χ2n) is 2.06. The predicted octanol–water partition coefficient (Wildman–Crippen LogP) is -2.12. The molecule has 0 heterocycles. The number of aliphatic hydroxyl groups excluding tert-OH is 2. The van der Waals surface area contributed by atoms with E-state index in [0.717, 1.165) is 0 Å². The maximum atomic E-state index is 10.6. The van der Waals surface area contributed by atoms with Crippen molar-refractivity contribution in [1.82, 2.24) is 0 Å². The lowest BCUT2D eigenvalue weighted by Crippen LogP contribution is -2.29. The van der Waals surface area contributed by atoms with Gasteiger partial charge in [0.05, 0.1) is 6.42 Å². The third-order valence-electron chi connectivity index (χ3n) is 0.984. The van der Waals surface area contributed by atoms with Crippen LogP contribution in [0.2, 0.25) is 0 Å². The smallest absolute Gasteiger partial charge is 0.343 e. The molecule has 13 heavy (non-hydrogen) atoms. The molecule has 0 radical (unpaired) electrons. The molecule has 0 saturated carbocycles. The number of ether oxygens (including phenoxy) is 1. The summed E-state index contributed by atoms with van der Waals surface area (Å²) < 4.78 is 3.82. The van der Waals surface area contributed by atoms with Gasteiger partial charge < -0.3 is 20.1 Å². The number of hydrogen-bond donors (Lipinski definition) is 3. The zero-order valence-electron chi connectivity index (χ0n) is 6.47. The van der Waals surface area contributed by atoms with Gasteiger partial charge in [0.25, 0.3) is 0 Å². The minimum absolute atomic E-state index is 0.850. The van der Waals surface area contributed by atoms with E-state index in [1.165, 1.54) is 0 Å². The molecule has 1 atom stereocenters. The second kappa shape index (κ2) is 5.22. The lowest BCUT2D eigenvalue weighted by Gasteiger charge is -2.05. The fourth-order valence-electron chi connectivity index (χ4n) is 0.461. The van der Waals surface area contributed by atoms with Crippen LogP contribution in [0.1, 0.15) is 6.42 Å². The average molecular weight is 192 g/mol. The molecule has 3 N–H and O–H groups in total. The summed E-state index contributed by atoms with van der Waals surface area (Å²) in [5.41, 5.74) is 0. The first-order valence-corrected chi connectivity index (χ1v) is 3.22. The Morgan fingerprint density at radius 3 is 2.23 bits per heavy atom. The Morgan fingerprint density at radius 2 is 1.85 bits per heavy atom. The monoisotopic (exact) mass is 192 g/mol. The van der Waals surface area contributed by atoms with E-state index in [0.29, 0.717) is 0 Å². The lowest BCUT2D eigenvalue weighted by molar-refractivity contribution is -0.169. The molecular formula is C6H8O7. The SMILES string of the molecule is O=C(O)CC(O)C(=O)OC(=O)CO. The van der Waals surface area contributed by atoms with E-state index in [1.807, 2.05) is 0 Å². The molecule has 1 unspecified atom stereocenters. The highest BCUT2D eigenvalue weighted by Crippen LogP contribution is 1.95. The van der Waals surface area contributed by atoms with Crippen molar-refractivity contribution >= 4 is 17.9 Å². The van der Waals surface area contributed by atoms with E-state index in [4.69, 9.17) is 15.3 Å². The van der Waals surface area contributed by atoms with Crippen LogP contribution in [0.4, 0.5) is 0 Å². The first kappa shape index (κ1) is 11.5. The van der Waals surface area contributed by atoms with Crippen LogP contribution in [0.3, 0.4) is 0 Å². The standard InChI is InChI=1S/C6H8O7/c7-2-5(11)13-6(12)3(8)1-4(9)10/h3,7-8H,1-2H2,(H,9,10). The van der Waals surface area contributed by atoms with Crippen LogP contribution in [0.15, 0.2) is 0 Å². The Balaban J connectivity index is 3.96. The van der Waals surface area contributed by atoms with Gasteiger partial charge in [-0.25, -0.2) is 9.59 Å². The first-order valence-electron chi connectivity index (χ1n) is 3.22. The quantitative estimate of drug-likeness (QED) is 0.344. The van der Waals surface area contributed by atoms with Crippen LogP contribution in [-0.4, -0.2) is 45.9 Å². The van der Waals surface area contributed by atoms with Crippen LogP contribution in [0.25, 0.3) is 0 Å². The Labute approximate surface area is 72.5 Å². The Kier molecular flexibility index (Phi) is 4.63. The highest BCUT2D eigenvalue weighted by Gasteiger charge is 2.22. The first-order chi connectivity index (χ1) is 5.97. The summed E-state index contributed by atoms with van der Waals surface area (Å²) in [6.45, 7) is -1.01. The summed E-state index contributed by atoms with van der Waals surface area (Å²) in [5, 5.41) is 25.0. The highest BCUT2D eigenvalue weighted by atomic mass is 16.6. The summed E-state index contributed by atoms with van der Waals surface area (Å²) in [5.74, 6) is -4.03. The zero-order valence-corrected chi connectivity index (χ0v) is 6.47. The minimum atomic E-state index is -1.90. The third kappa shape index (κ3) is 4.88. The van der Waals surface area contributed by atoms with Crippen LogP contribution in [-0.2, 0) is 19.1 Å². The molecular weight excluding hydrogens is 184 g/mol. The van der Waals surface area contributed by atoms with Crippen LogP contribution < -0.4 is 0 Å². The number of carboxylic acid groups (broad SMARTS) is 1. The van der Waals surface area contributed by atoms with Crippen molar-refractivity contribution in [1.29, 1.82) is 0 Å². The van der Waals surface area contributed by atoms with E-state index in [9.17, 15) is 14.4 Å². The molecule has 0 amide bonds. The number of carboxylic acids is 1. The van der Waals surface area contributed by atoms with Gasteiger partial charge in [-0.15, -0.1) is 0 Å². The summed E-state index contributed by atoms with van der Waals surface area (Å²) in [6, 6.07) is 0. The fourth-order valence-corrected chi connectivity index (χ4v) is 0.461. The molecule has 0 aliphatic rings. The molecule has 0 rings (SSSR count). The number of hydrogen-bond acceptors (Lipinski definition) is 6. The van der Waals surface area contributed by atoms with Crippen LogP contribution in [0.5, 0.6) is 0 Å². The van der Waals surface area contributed by atoms with Gasteiger partial charge in [0.1, 0.15) is 6.61 Å². The van der Waals surface area contributed by atoms with Crippen LogP contribution >= 0.6 is 0 Å². The van der Waals surface area contributed by atoms with E-state index in [-0.39, 0.29) is 0 Å². The molecule has 0 fully saturated rings. The molecule has 0 aliphatic carbocycles. The van der Waals surface area contributed by atoms with E-state index >= 15 is 0 Å². The maximum Gasteiger partial charge on any atom is 0.343 e. The van der Waals surface area contributed by atoms with E-state index < -0.39 is 37.0 Å². The van der Waals surface area contributed by atoms with Gasteiger partial charge in [0.2, 0.25) is 0 Å². The number of aliphatic carboxylic acids is 1. The number of rotatable bonds is 4. The highest BCUT2D eigenvalue weighted by molar-refractivity contribution is 5.90. The molecule has 0 aromatic carbocycles. The summed E-state index contributed by atoms with van der Waals surface area (Å²) >= 11 is 0. The van der Waals surface area contributed by atoms with Crippen molar-refractivity contribution in [2.45, 2.75) is 12.5 Å². The summed E-state index contributed by atoms with van der Waals surface area (Å²) in [4.78, 5) is 30.8. The van der Waals surface area contributed by atoms with Crippen molar-refractivity contribution in [2.75, 3.05) is 6.61 Å². The summed E-state index contributed by atoms with van der Waals surface area (Å²) in [6.07, 6.45) is -2.75. The molecule has 7 heteroatoms. The molecule has 74 valence electrons. The predicted molar refractivity (Wildman–Crippen MR) is 36.4 cm³/mol. The molecule has 7 nitrogen and oxygen atoms in total. The third-order valence-corrected chi connectivity index (χ3v) is 0.984. The topological polar surface area (TPSA) is 121 Å². The fraction of sp³-hybridized carbons (Fsp3) is 0.500. The second-order valence-corrected chi connectivity index (χ2v) is 2.06. The Morgan fingerprint density at radius 1 is 1.31 bits per heavy atom. The van der Waals surface area contributed by atoms with Gasteiger partial charge >= 0.3 is 17.9 Å². The number of esters is 2. The molecule has 0 aromatic heterocycles. The normalized spacial score (nSPS) is 11.8. The molecule has 0 bridgehead atoms. The van der Waals surface area contributed by atoms with Gasteiger partial charge in [-0.2, -0.15) is 0 Å². The molecule has 0 saturated heterocycles. The van der Waals surface area contributed by atoms with Gasteiger partial charge in [-0.3, -0.25) is 4.79 Å². The average Bonchev–Trinajstić information content (AvgIpc) is 2.02. The van der Waals surface area contributed by atoms with Gasteiger partial charge in [-0.1, -0.05) is 0 Å². The van der Waals surface area contributed by atoms with Crippen molar-refractivity contribution in [3.05, 3.63) is 0 Å². The van der Waals surface area contributed by atoms with Crippen LogP contribution in [0, 0.1) is 0 Å². The van der Waals surface area contributed by atoms with E-state index in [1.54, 1.807) is 0 Å². The number of carbonyl (C=O) groups is 3. The maximum absolute atomic E-state index is 10.6. The van der Waals surface area contributed by atoms with Crippen molar-refractivity contribution < 1.29 is 34.4 Å². The summed E-state index contributed by atoms with van der Waals surface area (Å²) in [7, 11) is 0. The molecule has 0 aliphatic heterocycles. The van der Waals surface area contributed by atoms with E-state index in [2.05, 4.69) is 4.74 Å². The Bertz CT molecular complexity index is 221. The number of aliphatic hydroxyl groups is 2. The van der Waals surface area contributed by atoms with Gasteiger partial charge in [0.15, 0.2) is 6.10 Å². The van der Waals surface area contributed by atoms with Crippen molar-refractivity contribution in [3.8, 4) is 0 Å². The zero-order chi connectivity index (χ0) is 10.4. The lowest BCUT2D eigenvalue weighted by atomic mass is 10.2. The number of carbonyl (C=O) groups excluding carboxylic acids is 2. The van der Waals surface area contributed by atoms with Crippen molar-refractivity contribution in [2.24, 2.45) is 0 Å². The molecule has 0 aromatic rings. The largest absolute Gasteiger partial charge is 0.481 e.